The lowest BCUT2D eigenvalue weighted by Crippen LogP contribution is -2.02. The van der Waals surface area contributed by atoms with Crippen molar-refractivity contribution in [3.63, 3.8) is 0 Å². The van der Waals surface area contributed by atoms with E-state index < -0.39 is 0 Å². The van der Waals surface area contributed by atoms with Crippen LogP contribution in [0.5, 0.6) is 0 Å². The van der Waals surface area contributed by atoms with E-state index in [-0.39, 0.29) is 5.28 Å². The number of fused-ring (bicyclic) bond motifs is 3. The number of aryl methyl sites for hydroxylation is 3. The van der Waals surface area contributed by atoms with Crippen molar-refractivity contribution in [1.82, 2.24) is 9.97 Å². The van der Waals surface area contributed by atoms with Crippen molar-refractivity contribution in [2.45, 2.75) is 32.6 Å². The molecule has 0 saturated heterocycles. The van der Waals surface area contributed by atoms with Crippen LogP contribution in [0.25, 0.3) is 10.2 Å². The van der Waals surface area contributed by atoms with Gasteiger partial charge in [0.25, 0.3) is 0 Å². The fourth-order valence-corrected chi connectivity index (χ4v) is 4.73. The summed E-state index contributed by atoms with van der Waals surface area (Å²) in [5, 5.41) is 5.51. The van der Waals surface area contributed by atoms with Crippen LogP contribution in [0, 0.1) is 6.92 Å². The summed E-state index contributed by atoms with van der Waals surface area (Å²) in [4.78, 5) is 11.3. The second-order valence-electron chi connectivity index (χ2n) is 5.82. The van der Waals surface area contributed by atoms with Crippen LogP contribution in [0.2, 0.25) is 10.3 Å². The average molecular weight is 364 g/mol. The summed E-state index contributed by atoms with van der Waals surface area (Å²) in [5.41, 5.74) is 3.45. The van der Waals surface area contributed by atoms with Gasteiger partial charge in [-0.1, -0.05) is 17.7 Å². The molecular formula is C17H15Cl2N3S. The SMILES string of the molecule is Cc1ccc(Cl)cc1Nc1nc(Cl)nc2sc3c(c12)CCCC3. The minimum atomic E-state index is 0.276. The Morgan fingerprint density at radius 2 is 1.96 bits per heavy atom. The van der Waals surface area contributed by atoms with Gasteiger partial charge in [0.15, 0.2) is 0 Å². The highest BCUT2D eigenvalue weighted by Gasteiger charge is 2.21. The number of hydrogen-bond donors (Lipinski definition) is 1. The first-order valence-corrected chi connectivity index (χ1v) is 9.20. The Morgan fingerprint density at radius 1 is 1.13 bits per heavy atom. The van der Waals surface area contributed by atoms with Crippen molar-refractivity contribution in [3.8, 4) is 0 Å². The summed E-state index contributed by atoms with van der Waals surface area (Å²) < 4.78 is 0. The number of thiophene rings is 1. The maximum atomic E-state index is 6.14. The van der Waals surface area contributed by atoms with Crippen molar-refractivity contribution in [2.75, 3.05) is 5.32 Å². The molecule has 0 saturated carbocycles. The molecule has 0 amide bonds. The molecule has 4 rings (SSSR count). The molecule has 23 heavy (non-hydrogen) atoms. The van der Waals surface area contributed by atoms with Crippen LogP contribution < -0.4 is 5.32 Å². The smallest absolute Gasteiger partial charge is 0.225 e. The van der Waals surface area contributed by atoms with Crippen molar-refractivity contribution >= 4 is 56.3 Å². The van der Waals surface area contributed by atoms with E-state index in [1.807, 2.05) is 25.1 Å². The molecule has 0 aliphatic heterocycles. The van der Waals surface area contributed by atoms with Gasteiger partial charge >= 0.3 is 0 Å². The number of aromatic nitrogens is 2. The van der Waals surface area contributed by atoms with Gasteiger partial charge in [0.2, 0.25) is 5.28 Å². The number of hydrogen-bond acceptors (Lipinski definition) is 4. The van der Waals surface area contributed by atoms with Crippen LogP contribution in [0.15, 0.2) is 18.2 Å². The Bertz CT molecular complexity index is 904. The monoisotopic (exact) mass is 363 g/mol. The lowest BCUT2D eigenvalue weighted by molar-refractivity contribution is 0.700. The Morgan fingerprint density at radius 3 is 2.83 bits per heavy atom. The summed E-state index contributed by atoms with van der Waals surface area (Å²) in [5.74, 6) is 0.782. The quantitative estimate of drug-likeness (QED) is 0.573. The molecule has 0 fully saturated rings. The number of rotatable bonds is 2. The molecule has 2 aromatic heterocycles. The molecule has 3 aromatic rings. The van der Waals surface area contributed by atoms with Crippen LogP contribution in [-0.2, 0) is 12.8 Å². The third-order valence-corrected chi connectivity index (χ3v) is 5.83. The largest absolute Gasteiger partial charge is 0.339 e. The molecule has 0 atom stereocenters. The van der Waals surface area contributed by atoms with Gasteiger partial charge in [-0.2, -0.15) is 4.98 Å². The number of anilines is 2. The van der Waals surface area contributed by atoms with E-state index in [9.17, 15) is 0 Å². The second kappa shape index (κ2) is 5.93. The number of nitrogens with one attached hydrogen (secondary N) is 1. The van der Waals surface area contributed by atoms with Gasteiger partial charge in [-0.3, -0.25) is 0 Å². The van der Waals surface area contributed by atoms with Crippen LogP contribution in [0.1, 0.15) is 28.8 Å². The summed E-state index contributed by atoms with van der Waals surface area (Å²) in [7, 11) is 0. The van der Waals surface area contributed by atoms with Crippen molar-refractivity contribution in [1.29, 1.82) is 0 Å². The summed E-state index contributed by atoms with van der Waals surface area (Å²) in [6.45, 7) is 2.04. The molecule has 1 N–H and O–H groups in total. The first-order chi connectivity index (χ1) is 11.1. The Hall–Kier alpha value is -1.36. The number of halogens is 2. The van der Waals surface area contributed by atoms with Crippen molar-refractivity contribution < 1.29 is 0 Å². The molecule has 6 heteroatoms. The molecule has 0 unspecified atom stereocenters. The zero-order valence-corrected chi connectivity index (χ0v) is 14.9. The zero-order valence-electron chi connectivity index (χ0n) is 12.6. The van der Waals surface area contributed by atoms with Crippen molar-refractivity contribution in [2.24, 2.45) is 0 Å². The first kappa shape index (κ1) is 15.2. The minimum Gasteiger partial charge on any atom is -0.339 e. The van der Waals surface area contributed by atoms with E-state index >= 15 is 0 Å². The lowest BCUT2D eigenvalue weighted by atomic mass is 9.97. The number of benzene rings is 1. The van der Waals surface area contributed by atoms with Gasteiger partial charge in [0.05, 0.1) is 5.39 Å². The Labute approximate surface area is 148 Å². The molecule has 3 nitrogen and oxygen atoms in total. The van der Waals surface area contributed by atoms with Crippen molar-refractivity contribution in [3.05, 3.63) is 44.5 Å². The van der Waals surface area contributed by atoms with E-state index in [2.05, 4.69) is 15.3 Å². The fourth-order valence-electron chi connectivity index (χ4n) is 3.08. The van der Waals surface area contributed by atoms with Gasteiger partial charge in [0, 0.05) is 15.6 Å². The Kier molecular flexibility index (Phi) is 3.92. The molecule has 0 spiro atoms. The minimum absolute atomic E-state index is 0.276. The first-order valence-electron chi connectivity index (χ1n) is 7.63. The van der Waals surface area contributed by atoms with Crippen LogP contribution in [-0.4, -0.2) is 9.97 Å². The van der Waals surface area contributed by atoms with E-state index in [1.54, 1.807) is 11.3 Å². The summed E-state index contributed by atoms with van der Waals surface area (Å²) >= 11 is 14.0. The molecule has 118 valence electrons. The maximum absolute atomic E-state index is 6.14. The Balaban J connectivity index is 1.88. The van der Waals surface area contributed by atoms with Crippen LogP contribution >= 0.6 is 34.5 Å². The van der Waals surface area contributed by atoms with Gasteiger partial charge in [-0.05, 0) is 67.5 Å². The van der Waals surface area contributed by atoms with Crippen LogP contribution in [0.3, 0.4) is 0 Å². The second-order valence-corrected chi connectivity index (χ2v) is 7.67. The lowest BCUT2D eigenvalue weighted by Gasteiger charge is -2.14. The van der Waals surface area contributed by atoms with Gasteiger partial charge < -0.3 is 5.32 Å². The highest BCUT2D eigenvalue weighted by atomic mass is 35.5. The molecular weight excluding hydrogens is 349 g/mol. The standard InChI is InChI=1S/C17H15Cl2N3S/c1-9-6-7-10(18)8-12(9)20-15-14-11-4-2-3-5-13(11)23-16(14)22-17(19)21-15/h6-8H,2-5H2,1H3,(H,20,21,22). The normalized spacial score (nSPS) is 14.0. The molecule has 1 aliphatic rings. The predicted octanol–water partition coefficient (Wildman–Crippen LogP) is 5.93. The maximum Gasteiger partial charge on any atom is 0.225 e. The van der Waals surface area contributed by atoms with Gasteiger partial charge in [0.1, 0.15) is 10.6 Å². The highest BCUT2D eigenvalue weighted by Crippen LogP contribution is 2.40. The van der Waals surface area contributed by atoms with E-state index in [1.165, 1.54) is 23.3 Å². The summed E-state index contributed by atoms with van der Waals surface area (Å²) in [6.07, 6.45) is 4.68. The highest BCUT2D eigenvalue weighted by molar-refractivity contribution is 7.19. The summed E-state index contributed by atoms with van der Waals surface area (Å²) in [6, 6.07) is 5.79. The van der Waals surface area contributed by atoms with Crippen LogP contribution in [0.4, 0.5) is 11.5 Å². The third kappa shape index (κ3) is 2.80. The van der Waals surface area contributed by atoms with Gasteiger partial charge in [-0.15, -0.1) is 11.3 Å². The zero-order chi connectivity index (χ0) is 16.0. The van der Waals surface area contributed by atoms with E-state index in [0.717, 1.165) is 40.1 Å². The molecule has 0 radical (unpaired) electrons. The number of nitrogens with zero attached hydrogens (tertiary/aromatic N) is 2. The molecule has 2 heterocycles. The predicted molar refractivity (Wildman–Crippen MR) is 98.5 cm³/mol. The van der Waals surface area contributed by atoms with Gasteiger partial charge in [-0.25, -0.2) is 4.98 Å². The average Bonchev–Trinajstić information content (AvgIpc) is 2.89. The third-order valence-electron chi connectivity index (χ3n) is 4.24. The topological polar surface area (TPSA) is 37.8 Å². The molecule has 1 aromatic carbocycles. The molecule has 1 aliphatic carbocycles. The fraction of sp³-hybridized carbons (Fsp3) is 0.294. The molecule has 0 bridgehead atoms. The van der Waals surface area contributed by atoms with E-state index in [4.69, 9.17) is 23.2 Å². The van der Waals surface area contributed by atoms with E-state index in [0.29, 0.717) is 5.02 Å².